The molecule has 0 aliphatic carbocycles. The second kappa shape index (κ2) is 3.12. The smallest absolute Gasteiger partial charge is 0.169 e. The summed E-state index contributed by atoms with van der Waals surface area (Å²) in [7, 11) is 0. The van der Waals surface area contributed by atoms with Gasteiger partial charge in [0.1, 0.15) is 6.10 Å². The number of para-hydroxylation sites is 1. The lowest BCUT2D eigenvalue weighted by Gasteiger charge is -2.24. The van der Waals surface area contributed by atoms with E-state index >= 15 is 0 Å². The second-order valence-corrected chi connectivity index (χ2v) is 3.84. The van der Waals surface area contributed by atoms with Gasteiger partial charge in [0.05, 0.1) is 12.1 Å². The maximum atomic E-state index is 5.71. The molecule has 0 unspecified atom stereocenters. The quantitative estimate of drug-likeness (QED) is 0.709. The Kier molecular flexibility index (Phi) is 1.78. The Balaban J connectivity index is 2.20. The highest BCUT2D eigenvalue weighted by atomic mass is 16.5. The second-order valence-electron chi connectivity index (χ2n) is 3.84. The Morgan fingerprint density at radius 3 is 3.20 bits per heavy atom. The third-order valence-corrected chi connectivity index (χ3v) is 2.57. The highest BCUT2D eigenvalue weighted by molar-refractivity contribution is 5.83. The van der Waals surface area contributed by atoms with Gasteiger partial charge in [0, 0.05) is 5.39 Å². The van der Waals surface area contributed by atoms with Gasteiger partial charge in [0.25, 0.3) is 0 Å². The molecular weight excluding hydrogens is 188 g/mol. The molecule has 1 aromatic heterocycles. The molecule has 0 radical (unpaired) electrons. The summed E-state index contributed by atoms with van der Waals surface area (Å²) < 4.78 is 5.71. The minimum Gasteiger partial charge on any atom is -0.485 e. The molecule has 76 valence electrons. The molecule has 0 fully saturated rings. The van der Waals surface area contributed by atoms with Crippen molar-refractivity contribution in [2.45, 2.75) is 13.0 Å². The molecule has 1 N–H and O–H groups in total. The van der Waals surface area contributed by atoms with Gasteiger partial charge in [-0.25, -0.2) is 4.98 Å². The van der Waals surface area contributed by atoms with Gasteiger partial charge < -0.3 is 10.1 Å². The highest BCUT2D eigenvalue weighted by Crippen LogP contribution is 2.30. The van der Waals surface area contributed by atoms with Crippen molar-refractivity contribution in [2.75, 3.05) is 11.9 Å². The third-order valence-electron chi connectivity index (χ3n) is 2.57. The van der Waals surface area contributed by atoms with Gasteiger partial charge in [-0.1, -0.05) is 18.2 Å². The zero-order chi connectivity index (χ0) is 10.3. The molecule has 1 aliphatic rings. The predicted octanol–water partition coefficient (Wildman–Crippen LogP) is 2.43. The monoisotopic (exact) mass is 200 g/mol. The Morgan fingerprint density at radius 1 is 1.40 bits per heavy atom. The Bertz CT molecular complexity index is 510. The maximum absolute atomic E-state index is 5.71. The van der Waals surface area contributed by atoms with Crippen molar-refractivity contribution in [3.05, 3.63) is 30.3 Å². The van der Waals surface area contributed by atoms with E-state index in [1.807, 2.05) is 37.3 Å². The Labute approximate surface area is 88.1 Å². The minimum absolute atomic E-state index is 0.209. The van der Waals surface area contributed by atoms with Crippen molar-refractivity contribution < 1.29 is 4.74 Å². The molecule has 0 saturated carbocycles. The van der Waals surface area contributed by atoms with E-state index in [0.29, 0.717) is 0 Å². The summed E-state index contributed by atoms with van der Waals surface area (Å²) >= 11 is 0. The van der Waals surface area contributed by atoms with Crippen LogP contribution in [0.2, 0.25) is 0 Å². The lowest BCUT2D eigenvalue weighted by Crippen LogP contribution is -2.28. The van der Waals surface area contributed by atoms with E-state index < -0.39 is 0 Å². The number of hydrogen-bond donors (Lipinski definition) is 1. The number of nitrogens with one attached hydrogen (secondary N) is 1. The van der Waals surface area contributed by atoms with E-state index in [0.717, 1.165) is 29.0 Å². The van der Waals surface area contributed by atoms with Gasteiger partial charge in [0.2, 0.25) is 0 Å². The molecule has 2 heterocycles. The van der Waals surface area contributed by atoms with E-state index in [4.69, 9.17) is 4.74 Å². The molecule has 3 heteroatoms. The van der Waals surface area contributed by atoms with E-state index in [2.05, 4.69) is 10.3 Å². The van der Waals surface area contributed by atoms with Crippen LogP contribution in [0.1, 0.15) is 6.92 Å². The normalized spacial score (nSPS) is 19.1. The van der Waals surface area contributed by atoms with E-state index in [9.17, 15) is 0 Å². The molecule has 3 nitrogen and oxygen atoms in total. The first-order valence-corrected chi connectivity index (χ1v) is 5.13. The van der Waals surface area contributed by atoms with E-state index in [1.165, 1.54) is 0 Å². The van der Waals surface area contributed by atoms with Crippen LogP contribution in [0.15, 0.2) is 30.3 Å². The van der Waals surface area contributed by atoms with Crippen molar-refractivity contribution in [3.8, 4) is 5.75 Å². The largest absolute Gasteiger partial charge is 0.485 e. The lowest BCUT2D eigenvalue weighted by atomic mass is 10.2. The zero-order valence-corrected chi connectivity index (χ0v) is 8.53. The van der Waals surface area contributed by atoms with Crippen LogP contribution in [0.5, 0.6) is 5.75 Å². The fourth-order valence-electron chi connectivity index (χ4n) is 1.81. The number of pyridine rings is 1. The molecule has 0 spiro atoms. The number of rotatable bonds is 0. The van der Waals surface area contributed by atoms with Crippen molar-refractivity contribution in [1.82, 2.24) is 4.98 Å². The van der Waals surface area contributed by atoms with Crippen LogP contribution in [0, 0.1) is 0 Å². The van der Waals surface area contributed by atoms with Gasteiger partial charge in [-0.15, -0.1) is 0 Å². The fourth-order valence-corrected chi connectivity index (χ4v) is 1.81. The predicted molar refractivity (Wildman–Crippen MR) is 60.3 cm³/mol. The number of aromatic nitrogens is 1. The summed E-state index contributed by atoms with van der Waals surface area (Å²) in [5, 5.41) is 4.39. The van der Waals surface area contributed by atoms with Crippen LogP contribution < -0.4 is 10.1 Å². The molecule has 3 rings (SSSR count). The standard InChI is InChI=1S/C12H12N2O/c1-8-7-13-12-11(15-8)6-9-4-2-3-5-10(9)14-12/h2-6,8H,7H2,1H3,(H,13,14)/t8-/m0/s1. The van der Waals surface area contributed by atoms with Crippen molar-refractivity contribution in [1.29, 1.82) is 0 Å². The first kappa shape index (κ1) is 8.53. The van der Waals surface area contributed by atoms with Crippen molar-refractivity contribution in [3.63, 3.8) is 0 Å². The molecular formula is C12H12N2O. The van der Waals surface area contributed by atoms with Gasteiger partial charge in [0.15, 0.2) is 11.6 Å². The van der Waals surface area contributed by atoms with E-state index in [-0.39, 0.29) is 6.10 Å². The highest BCUT2D eigenvalue weighted by Gasteiger charge is 2.16. The molecule has 1 atom stereocenters. The van der Waals surface area contributed by atoms with Gasteiger partial charge in [-0.05, 0) is 19.1 Å². The van der Waals surface area contributed by atoms with Crippen LogP contribution >= 0.6 is 0 Å². The number of nitrogens with zero attached hydrogens (tertiary/aromatic N) is 1. The summed E-state index contributed by atoms with van der Waals surface area (Å²) in [5.41, 5.74) is 1.00. The molecule has 1 aromatic carbocycles. The summed E-state index contributed by atoms with van der Waals surface area (Å²) in [6.07, 6.45) is 0.209. The van der Waals surface area contributed by atoms with E-state index in [1.54, 1.807) is 0 Å². The number of ether oxygens (including phenoxy) is 1. The average Bonchev–Trinajstić information content (AvgIpc) is 2.26. The van der Waals surface area contributed by atoms with Crippen molar-refractivity contribution >= 4 is 16.7 Å². The lowest BCUT2D eigenvalue weighted by molar-refractivity contribution is 0.225. The van der Waals surface area contributed by atoms with Crippen LogP contribution in [-0.2, 0) is 0 Å². The maximum Gasteiger partial charge on any atom is 0.169 e. The number of anilines is 1. The molecule has 1 aliphatic heterocycles. The Morgan fingerprint density at radius 2 is 2.27 bits per heavy atom. The first-order chi connectivity index (χ1) is 7.33. The SMILES string of the molecule is C[C@H]1CNc2nc3ccccc3cc2O1. The van der Waals surface area contributed by atoms with Gasteiger partial charge in [-0.2, -0.15) is 0 Å². The summed E-state index contributed by atoms with van der Waals surface area (Å²) in [4.78, 5) is 4.51. The molecule has 2 aromatic rings. The van der Waals surface area contributed by atoms with Crippen molar-refractivity contribution in [2.24, 2.45) is 0 Å². The van der Waals surface area contributed by atoms with Crippen LogP contribution in [0.4, 0.5) is 5.82 Å². The minimum atomic E-state index is 0.209. The number of hydrogen-bond acceptors (Lipinski definition) is 3. The molecule has 0 amide bonds. The molecule has 0 saturated heterocycles. The zero-order valence-electron chi connectivity index (χ0n) is 8.53. The van der Waals surface area contributed by atoms with Crippen LogP contribution in [0.3, 0.4) is 0 Å². The summed E-state index contributed by atoms with van der Waals surface area (Å²) in [6, 6.07) is 10.1. The third kappa shape index (κ3) is 1.40. The molecule has 0 bridgehead atoms. The van der Waals surface area contributed by atoms with Crippen LogP contribution in [0.25, 0.3) is 10.9 Å². The Hall–Kier alpha value is -1.77. The topological polar surface area (TPSA) is 34.2 Å². The fraction of sp³-hybridized carbons (Fsp3) is 0.250. The molecule has 15 heavy (non-hydrogen) atoms. The summed E-state index contributed by atoms with van der Waals surface area (Å²) in [6.45, 7) is 2.86. The average molecular weight is 200 g/mol. The van der Waals surface area contributed by atoms with Gasteiger partial charge >= 0.3 is 0 Å². The van der Waals surface area contributed by atoms with Gasteiger partial charge in [-0.3, -0.25) is 0 Å². The van der Waals surface area contributed by atoms with Crippen LogP contribution in [-0.4, -0.2) is 17.6 Å². The first-order valence-electron chi connectivity index (χ1n) is 5.13. The number of fused-ring (bicyclic) bond motifs is 2. The summed E-state index contributed by atoms with van der Waals surface area (Å²) in [5.74, 6) is 1.71. The number of benzene rings is 1.